The van der Waals surface area contributed by atoms with Crippen LogP contribution in [0.15, 0.2) is 0 Å². The van der Waals surface area contributed by atoms with Crippen molar-refractivity contribution < 1.29 is 9.53 Å². The second kappa shape index (κ2) is 8.05. The van der Waals surface area contributed by atoms with Crippen LogP contribution in [0.5, 0.6) is 0 Å². The van der Waals surface area contributed by atoms with Crippen LogP contribution in [0.2, 0.25) is 0 Å². The van der Waals surface area contributed by atoms with Crippen molar-refractivity contribution in [3.05, 3.63) is 0 Å². The highest BCUT2D eigenvalue weighted by Crippen LogP contribution is 2.45. The third-order valence-corrected chi connectivity index (χ3v) is 6.51. The Hall–Kier alpha value is -0.810. The summed E-state index contributed by atoms with van der Waals surface area (Å²) in [5.41, 5.74) is 0.305. The zero-order valence-corrected chi connectivity index (χ0v) is 15.5. The van der Waals surface area contributed by atoms with E-state index in [1.807, 2.05) is 0 Å². The van der Waals surface area contributed by atoms with Gasteiger partial charge in [-0.1, -0.05) is 6.42 Å². The number of nitrogens with zero attached hydrogens (tertiary/aromatic N) is 1. The summed E-state index contributed by atoms with van der Waals surface area (Å²) in [7, 11) is 4.29. The van der Waals surface area contributed by atoms with Crippen LogP contribution in [-0.2, 0) is 4.74 Å². The number of carbonyl (C=O) groups is 1. The van der Waals surface area contributed by atoms with Crippen molar-refractivity contribution >= 4 is 6.03 Å². The van der Waals surface area contributed by atoms with E-state index < -0.39 is 0 Å². The maximum absolute atomic E-state index is 12.5. The first-order valence-electron chi connectivity index (χ1n) is 9.87. The molecule has 138 valence electrons. The fourth-order valence-electron chi connectivity index (χ4n) is 5.13. The molecule has 3 fully saturated rings. The minimum Gasteiger partial charge on any atom is -0.381 e. The molecule has 1 atom stereocenters. The Balaban J connectivity index is 1.43. The van der Waals surface area contributed by atoms with Gasteiger partial charge in [0, 0.05) is 31.8 Å². The van der Waals surface area contributed by atoms with E-state index in [0.717, 1.165) is 51.2 Å². The molecule has 2 amide bonds. The normalized spacial score (nSPS) is 32.9. The fourth-order valence-corrected chi connectivity index (χ4v) is 5.13. The van der Waals surface area contributed by atoms with Gasteiger partial charge in [0.25, 0.3) is 0 Å². The second-order valence-corrected chi connectivity index (χ2v) is 8.52. The zero-order chi connectivity index (χ0) is 17.0. The number of nitrogens with one attached hydrogen (secondary N) is 2. The molecule has 0 unspecified atom stereocenters. The number of rotatable bonds is 4. The molecule has 0 radical (unpaired) electrons. The predicted octanol–water partition coefficient (Wildman–Crippen LogP) is 2.76. The predicted molar refractivity (Wildman–Crippen MR) is 96.1 cm³/mol. The summed E-state index contributed by atoms with van der Waals surface area (Å²) in [5, 5.41) is 6.56. The molecule has 1 spiro atoms. The molecular formula is C19H35N3O2. The summed E-state index contributed by atoms with van der Waals surface area (Å²) in [5.74, 6) is 0.793. The molecular weight excluding hydrogens is 302 g/mol. The summed E-state index contributed by atoms with van der Waals surface area (Å²) in [6.45, 7) is 2.89. The third-order valence-electron chi connectivity index (χ3n) is 6.51. The number of hydrogen-bond donors (Lipinski definition) is 2. The molecule has 2 saturated carbocycles. The second-order valence-electron chi connectivity index (χ2n) is 8.52. The van der Waals surface area contributed by atoms with Crippen molar-refractivity contribution in [3.8, 4) is 0 Å². The van der Waals surface area contributed by atoms with E-state index in [1.54, 1.807) is 0 Å². The first-order chi connectivity index (χ1) is 11.6. The largest absolute Gasteiger partial charge is 0.381 e. The Morgan fingerprint density at radius 2 is 1.75 bits per heavy atom. The van der Waals surface area contributed by atoms with Gasteiger partial charge in [-0.15, -0.1) is 0 Å². The zero-order valence-electron chi connectivity index (χ0n) is 15.5. The Kier molecular flexibility index (Phi) is 6.03. The van der Waals surface area contributed by atoms with Crippen LogP contribution in [0.25, 0.3) is 0 Å². The summed E-state index contributed by atoms with van der Waals surface area (Å²) < 4.78 is 5.54. The van der Waals surface area contributed by atoms with E-state index in [1.165, 1.54) is 32.2 Å². The number of ether oxygens (including phenoxy) is 1. The molecule has 0 aromatic heterocycles. The molecule has 1 heterocycles. The summed E-state index contributed by atoms with van der Waals surface area (Å²) in [4.78, 5) is 14.8. The molecule has 0 aromatic carbocycles. The van der Waals surface area contributed by atoms with E-state index in [-0.39, 0.29) is 6.03 Å². The number of urea groups is 1. The molecule has 24 heavy (non-hydrogen) atoms. The van der Waals surface area contributed by atoms with Gasteiger partial charge in [0.15, 0.2) is 0 Å². The molecule has 5 heteroatoms. The van der Waals surface area contributed by atoms with Crippen molar-refractivity contribution in [2.75, 3.05) is 33.9 Å². The SMILES string of the molecule is CN(C)CC1CCC(NC(=O)N[C@@H]2CCCC23CCOCC3)CC1. The first-order valence-corrected chi connectivity index (χ1v) is 9.87. The van der Waals surface area contributed by atoms with Crippen LogP contribution in [0.1, 0.15) is 57.8 Å². The molecule has 0 bridgehead atoms. The van der Waals surface area contributed by atoms with Crippen molar-refractivity contribution in [1.29, 1.82) is 0 Å². The Bertz CT molecular complexity index is 413. The van der Waals surface area contributed by atoms with Gasteiger partial charge in [0.1, 0.15) is 0 Å². The summed E-state index contributed by atoms with van der Waals surface area (Å²) in [6.07, 6.45) is 10.5. The van der Waals surface area contributed by atoms with Crippen LogP contribution in [0, 0.1) is 11.3 Å². The Labute approximate surface area is 146 Å². The fraction of sp³-hybridized carbons (Fsp3) is 0.947. The van der Waals surface area contributed by atoms with Crippen molar-refractivity contribution in [3.63, 3.8) is 0 Å². The maximum atomic E-state index is 12.5. The standard InChI is InChI=1S/C19H35N3O2/c1-22(2)14-15-5-7-16(8-6-15)20-18(23)21-17-4-3-9-19(17)10-12-24-13-11-19/h15-17H,3-14H2,1-2H3,(H2,20,21,23)/t15?,16?,17-/m1/s1. The van der Waals surface area contributed by atoms with Gasteiger partial charge in [-0.25, -0.2) is 4.79 Å². The number of hydrogen-bond acceptors (Lipinski definition) is 3. The topological polar surface area (TPSA) is 53.6 Å². The van der Waals surface area contributed by atoms with Gasteiger partial charge in [-0.05, 0) is 76.8 Å². The first kappa shape index (κ1) is 18.0. The smallest absolute Gasteiger partial charge is 0.315 e. The monoisotopic (exact) mass is 337 g/mol. The Morgan fingerprint density at radius 1 is 1.04 bits per heavy atom. The highest BCUT2D eigenvalue weighted by atomic mass is 16.5. The van der Waals surface area contributed by atoms with Crippen molar-refractivity contribution in [1.82, 2.24) is 15.5 Å². The van der Waals surface area contributed by atoms with Crippen LogP contribution >= 0.6 is 0 Å². The number of carbonyl (C=O) groups excluding carboxylic acids is 1. The van der Waals surface area contributed by atoms with E-state index in [2.05, 4.69) is 29.6 Å². The minimum atomic E-state index is 0.0591. The van der Waals surface area contributed by atoms with Crippen LogP contribution in [-0.4, -0.2) is 56.9 Å². The molecule has 5 nitrogen and oxygen atoms in total. The average Bonchev–Trinajstić information content (AvgIpc) is 2.91. The van der Waals surface area contributed by atoms with Gasteiger partial charge in [-0.2, -0.15) is 0 Å². The summed E-state index contributed by atoms with van der Waals surface area (Å²) >= 11 is 0. The van der Waals surface area contributed by atoms with E-state index in [4.69, 9.17) is 4.74 Å². The summed E-state index contributed by atoms with van der Waals surface area (Å²) in [6, 6.07) is 0.755. The lowest BCUT2D eigenvalue weighted by Gasteiger charge is -2.39. The quantitative estimate of drug-likeness (QED) is 0.829. The van der Waals surface area contributed by atoms with E-state index in [9.17, 15) is 4.79 Å². The number of amides is 2. The van der Waals surface area contributed by atoms with Crippen LogP contribution < -0.4 is 10.6 Å². The van der Waals surface area contributed by atoms with E-state index >= 15 is 0 Å². The van der Waals surface area contributed by atoms with Gasteiger partial charge in [0.2, 0.25) is 0 Å². The average molecular weight is 338 g/mol. The van der Waals surface area contributed by atoms with Gasteiger partial charge >= 0.3 is 6.03 Å². The molecule has 2 aliphatic carbocycles. The van der Waals surface area contributed by atoms with Crippen molar-refractivity contribution in [2.24, 2.45) is 11.3 Å². The lowest BCUT2D eigenvalue weighted by molar-refractivity contribution is 0.00615. The third kappa shape index (κ3) is 4.42. The molecule has 0 aromatic rings. The highest BCUT2D eigenvalue weighted by Gasteiger charge is 2.44. The molecule has 2 N–H and O–H groups in total. The lowest BCUT2D eigenvalue weighted by atomic mass is 9.75. The van der Waals surface area contributed by atoms with Crippen LogP contribution in [0.3, 0.4) is 0 Å². The lowest BCUT2D eigenvalue weighted by Crippen LogP contribution is -2.52. The minimum absolute atomic E-state index is 0.0591. The van der Waals surface area contributed by atoms with Crippen LogP contribution in [0.4, 0.5) is 4.79 Å². The van der Waals surface area contributed by atoms with Gasteiger partial charge in [-0.3, -0.25) is 0 Å². The molecule has 3 aliphatic rings. The van der Waals surface area contributed by atoms with Crippen molar-refractivity contribution in [2.45, 2.75) is 69.9 Å². The molecule has 1 saturated heterocycles. The maximum Gasteiger partial charge on any atom is 0.315 e. The molecule has 3 rings (SSSR count). The van der Waals surface area contributed by atoms with Gasteiger partial charge in [0.05, 0.1) is 0 Å². The molecule has 1 aliphatic heterocycles. The van der Waals surface area contributed by atoms with Gasteiger partial charge < -0.3 is 20.3 Å². The Morgan fingerprint density at radius 3 is 2.42 bits per heavy atom. The van der Waals surface area contributed by atoms with E-state index in [0.29, 0.717) is 17.5 Å². The highest BCUT2D eigenvalue weighted by molar-refractivity contribution is 5.74.